The van der Waals surface area contributed by atoms with Crippen LogP contribution in [0, 0.1) is 0 Å². The molecule has 52 heavy (non-hydrogen) atoms. The van der Waals surface area contributed by atoms with E-state index < -0.39 is 0 Å². The largest absolute Gasteiger partial charge is 0.310 e. The van der Waals surface area contributed by atoms with Crippen molar-refractivity contribution in [2.24, 2.45) is 0 Å². The summed E-state index contributed by atoms with van der Waals surface area (Å²) in [4.78, 5) is 2.51. The Hall–Kier alpha value is -6.12. The van der Waals surface area contributed by atoms with Gasteiger partial charge in [-0.3, -0.25) is 0 Å². The van der Waals surface area contributed by atoms with Crippen LogP contribution in [0.2, 0.25) is 0 Å². The number of nitrogens with zero attached hydrogens (tertiary/aromatic N) is 2. The van der Waals surface area contributed by atoms with Gasteiger partial charge >= 0.3 is 0 Å². The van der Waals surface area contributed by atoms with Gasteiger partial charge in [-0.05, 0) is 79.9 Å². The van der Waals surface area contributed by atoms with Gasteiger partial charge in [0.2, 0.25) is 0 Å². The van der Waals surface area contributed by atoms with Crippen molar-refractivity contribution < 1.29 is 0 Å². The molecular weight excluding hydrogens is 629 g/mol. The van der Waals surface area contributed by atoms with Crippen molar-refractivity contribution in [2.45, 2.75) is 38.5 Å². The molecule has 0 N–H and O–H groups in total. The van der Waals surface area contributed by atoms with E-state index in [0.29, 0.717) is 0 Å². The fourth-order valence-electron chi connectivity index (χ4n) is 9.72. The van der Waals surface area contributed by atoms with Crippen LogP contribution in [-0.2, 0) is 10.8 Å². The van der Waals surface area contributed by atoms with Crippen LogP contribution in [0.4, 0.5) is 17.1 Å². The molecule has 2 aliphatic rings. The summed E-state index contributed by atoms with van der Waals surface area (Å²) >= 11 is 0. The van der Waals surface area contributed by atoms with Gasteiger partial charge in [0.05, 0.1) is 22.4 Å². The lowest BCUT2D eigenvalue weighted by molar-refractivity contribution is 0.593. The average Bonchev–Trinajstić information content (AvgIpc) is 3.51. The molecule has 9 aromatic rings. The minimum Gasteiger partial charge on any atom is -0.310 e. The van der Waals surface area contributed by atoms with Gasteiger partial charge in [0.1, 0.15) is 0 Å². The number of rotatable bonds is 4. The van der Waals surface area contributed by atoms with E-state index in [9.17, 15) is 0 Å². The van der Waals surface area contributed by atoms with Crippen molar-refractivity contribution >= 4 is 60.4 Å². The van der Waals surface area contributed by atoms with Crippen molar-refractivity contribution in [3.63, 3.8) is 0 Å². The van der Waals surface area contributed by atoms with Crippen molar-refractivity contribution in [3.05, 3.63) is 180 Å². The lowest BCUT2D eigenvalue weighted by Crippen LogP contribution is -2.33. The molecule has 0 bridgehead atoms. The predicted octanol–water partition coefficient (Wildman–Crippen LogP) is 13.5. The van der Waals surface area contributed by atoms with Crippen LogP contribution in [0.25, 0.3) is 60.2 Å². The Morgan fingerprint density at radius 3 is 1.81 bits per heavy atom. The molecule has 0 unspecified atom stereocenters. The van der Waals surface area contributed by atoms with Crippen molar-refractivity contribution in [1.29, 1.82) is 0 Å². The van der Waals surface area contributed by atoms with Gasteiger partial charge in [-0.1, -0.05) is 155 Å². The second-order valence-electron chi connectivity index (χ2n) is 15.8. The summed E-state index contributed by atoms with van der Waals surface area (Å²) in [5.74, 6) is 0. The smallest absolute Gasteiger partial charge is 0.0583 e. The van der Waals surface area contributed by atoms with E-state index in [0.717, 1.165) is 5.69 Å². The molecule has 3 heterocycles. The number of benzene rings is 8. The second kappa shape index (κ2) is 10.2. The number of hydrogen-bond acceptors (Lipinski definition) is 1. The van der Waals surface area contributed by atoms with E-state index in [4.69, 9.17) is 0 Å². The summed E-state index contributed by atoms with van der Waals surface area (Å²) in [6.45, 7) is 9.65. The second-order valence-corrected chi connectivity index (χ2v) is 15.8. The maximum atomic E-state index is 2.61. The molecule has 248 valence electrons. The van der Waals surface area contributed by atoms with Crippen LogP contribution in [-0.4, -0.2) is 4.57 Å². The van der Waals surface area contributed by atoms with E-state index in [1.165, 1.54) is 93.8 Å². The SMILES string of the molecule is CC1(C)c2cccc3c2-n2c4c1cccc4c1cc(N(c4cccc(-c5cccc6ccccc56)c4)c4cccc5ccccc45)cc(c12)C3(C)C. The highest BCUT2D eigenvalue weighted by molar-refractivity contribution is 6.15. The number of anilines is 3. The Labute approximate surface area is 304 Å². The Kier molecular flexibility index (Phi) is 5.83. The van der Waals surface area contributed by atoms with Crippen molar-refractivity contribution in [2.75, 3.05) is 4.90 Å². The summed E-state index contributed by atoms with van der Waals surface area (Å²) in [7, 11) is 0. The van der Waals surface area contributed by atoms with Gasteiger partial charge in [-0.25, -0.2) is 0 Å². The molecule has 0 radical (unpaired) electrons. The fraction of sp³-hybridized carbons (Fsp3) is 0.120. The zero-order chi connectivity index (χ0) is 34.9. The molecule has 0 fully saturated rings. The Bertz CT molecular complexity index is 2960. The summed E-state index contributed by atoms with van der Waals surface area (Å²) in [5, 5.41) is 7.61. The highest BCUT2D eigenvalue weighted by Crippen LogP contribution is 2.56. The van der Waals surface area contributed by atoms with Gasteiger partial charge in [-0.2, -0.15) is 0 Å². The van der Waals surface area contributed by atoms with Crippen LogP contribution in [0.15, 0.2) is 158 Å². The van der Waals surface area contributed by atoms with Crippen LogP contribution in [0.1, 0.15) is 49.9 Å². The third-order valence-electron chi connectivity index (χ3n) is 12.3. The highest BCUT2D eigenvalue weighted by atomic mass is 15.1. The molecular formula is C50H38N2. The third kappa shape index (κ3) is 3.79. The van der Waals surface area contributed by atoms with Gasteiger partial charge in [-0.15, -0.1) is 0 Å². The molecule has 0 atom stereocenters. The number of aromatic nitrogens is 1. The van der Waals surface area contributed by atoms with Gasteiger partial charge in [0, 0.05) is 38.4 Å². The minimum atomic E-state index is -0.215. The molecule has 2 heteroatoms. The van der Waals surface area contributed by atoms with Crippen LogP contribution >= 0.6 is 0 Å². The molecule has 0 aliphatic carbocycles. The van der Waals surface area contributed by atoms with Crippen molar-refractivity contribution in [3.8, 4) is 16.8 Å². The summed E-state index contributed by atoms with van der Waals surface area (Å²) in [5.41, 5.74) is 15.2. The molecule has 0 saturated heterocycles. The van der Waals surface area contributed by atoms with E-state index in [2.05, 4.69) is 195 Å². The zero-order valence-electron chi connectivity index (χ0n) is 29.9. The molecule has 0 amide bonds. The monoisotopic (exact) mass is 666 g/mol. The average molecular weight is 667 g/mol. The first-order valence-corrected chi connectivity index (χ1v) is 18.4. The molecule has 8 aromatic carbocycles. The van der Waals surface area contributed by atoms with E-state index in [1.54, 1.807) is 0 Å². The quantitative estimate of drug-likeness (QED) is 0.181. The lowest BCUT2D eigenvalue weighted by atomic mass is 9.68. The lowest BCUT2D eigenvalue weighted by Gasteiger charge is -2.42. The first kappa shape index (κ1) is 29.6. The van der Waals surface area contributed by atoms with Crippen LogP contribution in [0.3, 0.4) is 0 Å². The normalized spacial score (nSPS) is 14.8. The zero-order valence-corrected chi connectivity index (χ0v) is 29.9. The maximum absolute atomic E-state index is 2.61. The molecule has 1 aromatic heterocycles. The third-order valence-corrected chi connectivity index (χ3v) is 12.3. The van der Waals surface area contributed by atoms with Gasteiger partial charge in [0.15, 0.2) is 0 Å². The molecule has 0 spiro atoms. The molecule has 0 saturated carbocycles. The number of hydrogen-bond donors (Lipinski definition) is 0. The topological polar surface area (TPSA) is 8.17 Å². The van der Waals surface area contributed by atoms with E-state index in [-0.39, 0.29) is 10.8 Å². The van der Waals surface area contributed by atoms with Crippen LogP contribution in [0.5, 0.6) is 0 Å². The Morgan fingerprint density at radius 1 is 0.423 bits per heavy atom. The fourth-order valence-corrected chi connectivity index (χ4v) is 9.72. The number of para-hydroxylation sites is 2. The maximum Gasteiger partial charge on any atom is 0.0583 e. The van der Waals surface area contributed by atoms with Gasteiger partial charge < -0.3 is 9.47 Å². The molecule has 11 rings (SSSR count). The summed E-state index contributed by atoms with van der Waals surface area (Å²) in [6, 6.07) is 58.9. The van der Waals surface area contributed by atoms with Crippen LogP contribution < -0.4 is 4.90 Å². The standard InChI is InChI=1S/C50H38N2/c1-49(2)41-24-12-23-39-40-29-35(30-44-47(40)52(46(39)41)48-42(49)25-13-26-43(48)50(44,3)4)51(45-27-11-17-32-15-6-8-21-38(32)45)34-19-9-18-33(28-34)37-22-10-16-31-14-5-7-20-36(31)37/h5-30H,1-4H3. The molecule has 2 nitrogen and oxygen atoms in total. The Balaban J connectivity index is 1.25. The van der Waals surface area contributed by atoms with Gasteiger partial charge in [0.25, 0.3) is 0 Å². The first-order chi connectivity index (χ1) is 25.3. The Morgan fingerprint density at radius 2 is 1.00 bits per heavy atom. The van der Waals surface area contributed by atoms with E-state index >= 15 is 0 Å². The minimum absolute atomic E-state index is 0.108. The highest BCUT2D eigenvalue weighted by Gasteiger charge is 2.43. The summed E-state index contributed by atoms with van der Waals surface area (Å²) < 4.78 is 2.61. The van der Waals surface area contributed by atoms with Crippen molar-refractivity contribution in [1.82, 2.24) is 4.57 Å². The predicted molar refractivity (Wildman–Crippen MR) is 220 cm³/mol. The van der Waals surface area contributed by atoms with E-state index in [1.807, 2.05) is 0 Å². The molecule has 2 aliphatic heterocycles. The number of fused-ring (bicyclic) bond motifs is 3. The first-order valence-electron chi connectivity index (χ1n) is 18.4. The summed E-state index contributed by atoms with van der Waals surface area (Å²) in [6.07, 6.45) is 0.